The minimum atomic E-state index is -0.313. The van der Waals surface area contributed by atoms with Gasteiger partial charge in [0.2, 0.25) is 5.95 Å². The predicted molar refractivity (Wildman–Crippen MR) is 124 cm³/mol. The molecule has 3 aromatic rings. The standard InChI is InChI=1S/C19H22N10OS/c1-21-19(30)26-13-6-4-5-12(7-13)24-18-25-14(9-23-29(3)17(20)31)8-15(27-18)16-10-22-11-28(16)2/h4-11H,1-3H3,(H2,20,31)(H2,21,26,30)(H,24,25,27)/b23-9+. The fourth-order valence-corrected chi connectivity index (χ4v) is 2.57. The van der Waals surface area contributed by atoms with Gasteiger partial charge in [-0.25, -0.2) is 24.8 Å². The summed E-state index contributed by atoms with van der Waals surface area (Å²) in [4.78, 5) is 24.8. The van der Waals surface area contributed by atoms with Crippen molar-refractivity contribution in [3.05, 3.63) is 48.5 Å². The molecule has 0 aliphatic heterocycles. The Bertz CT molecular complexity index is 1130. The van der Waals surface area contributed by atoms with Gasteiger partial charge in [0.15, 0.2) is 5.11 Å². The number of carbonyl (C=O) groups is 1. The van der Waals surface area contributed by atoms with Crippen LogP contribution in [0.1, 0.15) is 5.69 Å². The van der Waals surface area contributed by atoms with Gasteiger partial charge in [0.25, 0.3) is 0 Å². The first-order valence-electron chi connectivity index (χ1n) is 9.14. The Morgan fingerprint density at radius 3 is 2.74 bits per heavy atom. The number of hydrazone groups is 1. The predicted octanol–water partition coefficient (Wildman–Crippen LogP) is 1.88. The van der Waals surface area contributed by atoms with E-state index in [9.17, 15) is 4.79 Å². The lowest BCUT2D eigenvalue weighted by Crippen LogP contribution is -2.27. The van der Waals surface area contributed by atoms with Crippen LogP contribution in [0, 0.1) is 0 Å². The summed E-state index contributed by atoms with van der Waals surface area (Å²) in [5.74, 6) is 0.343. The number of nitrogens with two attached hydrogens (primary N) is 1. The van der Waals surface area contributed by atoms with E-state index < -0.39 is 0 Å². The number of aromatic nitrogens is 4. The lowest BCUT2D eigenvalue weighted by atomic mass is 10.2. The molecule has 0 fully saturated rings. The molecule has 160 valence electrons. The molecule has 0 aliphatic rings. The van der Waals surface area contributed by atoms with Gasteiger partial charge in [0.1, 0.15) is 0 Å². The van der Waals surface area contributed by atoms with E-state index >= 15 is 0 Å². The second-order valence-corrected chi connectivity index (χ2v) is 6.83. The van der Waals surface area contributed by atoms with Gasteiger partial charge in [0.05, 0.1) is 35.8 Å². The van der Waals surface area contributed by atoms with E-state index in [1.807, 2.05) is 17.7 Å². The van der Waals surface area contributed by atoms with Crippen molar-refractivity contribution in [3.8, 4) is 11.4 Å². The van der Waals surface area contributed by atoms with E-state index in [4.69, 9.17) is 18.0 Å². The third-order valence-electron chi connectivity index (χ3n) is 4.11. The van der Waals surface area contributed by atoms with Crippen LogP contribution in [0.3, 0.4) is 0 Å². The van der Waals surface area contributed by atoms with Crippen LogP contribution in [0.25, 0.3) is 11.4 Å². The SMILES string of the molecule is CNC(=O)Nc1cccc(Nc2nc(/C=N/N(C)C(N)=S)cc(-c3cncn3C)n2)c1. The Labute approximate surface area is 184 Å². The van der Waals surface area contributed by atoms with Crippen molar-refractivity contribution >= 4 is 46.9 Å². The van der Waals surface area contributed by atoms with Gasteiger partial charge in [-0.3, -0.25) is 0 Å². The maximum atomic E-state index is 11.6. The van der Waals surface area contributed by atoms with Crippen molar-refractivity contribution in [1.82, 2.24) is 29.8 Å². The summed E-state index contributed by atoms with van der Waals surface area (Å²) in [5.41, 5.74) is 8.87. The van der Waals surface area contributed by atoms with Gasteiger partial charge >= 0.3 is 6.03 Å². The second-order valence-electron chi connectivity index (χ2n) is 6.41. The van der Waals surface area contributed by atoms with E-state index in [0.29, 0.717) is 28.7 Å². The second kappa shape index (κ2) is 9.63. The third kappa shape index (κ3) is 5.73. The molecule has 0 spiro atoms. The van der Waals surface area contributed by atoms with E-state index in [-0.39, 0.29) is 11.1 Å². The smallest absolute Gasteiger partial charge is 0.318 e. The van der Waals surface area contributed by atoms with E-state index in [1.165, 1.54) is 11.2 Å². The number of urea groups is 1. The van der Waals surface area contributed by atoms with Crippen LogP contribution in [-0.4, -0.2) is 56.0 Å². The monoisotopic (exact) mass is 438 g/mol. The minimum absolute atomic E-state index is 0.135. The maximum absolute atomic E-state index is 11.6. The van der Waals surface area contributed by atoms with Crippen molar-refractivity contribution in [3.63, 3.8) is 0 Å². The molecule has 0 atom stereocenters. The molecule has 0 unspecified atom stereocenters. The number of nitrogens with one attached hydrogen (secondary N) is 3. The molecule has 0 radical (unpaired) electrons. The number of hydrogen-bond acceptors (Lipinski definition) is 7. The van der Waals surface area contributed by atoms with Gasteiger partial charge in [0, 0.05) is 32.5 Å². The number of imidazole rings is 1. The van der Waals surface area contributed by atoms with Crippen molar-refractivity contribution in [2.75, 3.05) is 24.7 Å². The molecule has 2 heterocycles. The molecule has 0 saturated heterocycles. The quantitative estimate of drug-likeness (QED) is 0.260. The summed E-state index contributed by atoms with van der Waals surface area (Å²) in [6.45, 7) is 0. The Morgan fingerprint density at radius 2 is 2.06 bits per heavy atom. The van der Waals surface area contributed by atoms with Crippen LogP contribution in [-0.2, 0) is 7.05 Å². The molecule has 11 nitrogen and oxygen atoms in total. The maximum Gasteiger partial charge on any atom is 0.318 e. The van der Waals surface area contributed by atoms with Gasteiger partial charge < -0.3 is 26.3 Å². The normalized spacial score (nSPS) is 10.7. The molecule has 2 aromatic heterocycles. The molecular weight excluding hydrogens is 416 g/mol. The molecule has 5 N–H and O–H groups in total. The molecule has 0 bridgehead atoms. The fourth-order valence-electron chi connectivity index (χ4n) is 2.52. The summed E-state index contributed by atoms with van der Waals surface area (Å²) >= 11 is 4.90. The van der Waals surface area contributed by atoms with Crippen LogP contribution in [0.2, 0.25) is 0 Å². The zero-order chi connectivity index (χ0) is 22.4. The highest BCUT2D eigenvalue weighted by atomic mass is 32.1. The first-order valence-corrected chi connectivity index (χ1v) is 9.55. The number of carbonyl (C=O) groups excluding carboxylic acids is 1. The molecule has 1 aromatic carbocycles. The topological polar surface area (TPSA) is 138 Å². The summed E-state index contributed by atoms with van der Waals surface area (Å²) in [6.07, 6.45) is 4.93. The summed E-state index contributed by atoms with van der Waals surface area (Å²) in [7, 11) is 5.07. The zero-order valence-corrected chi connectivity index (χ0v) is 18.0. The lowest BCUT2D eigenvalue weighted by molar-refractivity contribution is 0.254. The average molecular weight is 439 g/mol. The first kappa shape index (κ1) is 21.6. The average Bonchev–Trinajstić information content (AvgIpc) is 3.17. The fraction of sp³-hybridized carbons (Fsp3) is 0.158. The van der Waals surface area contributed by atoms with Crippen LogP contribution < -0.4 is 21.7 Å². The van der Waals surface area contributed by atoms with Gasteiger partial charge in [-0.15, -0.1) is 0 Å². The molecule has 0 aliphatic carbocycles. The van der Waals surface area contributed by atoms with Crippen LogP contribution in [0.15, 0.2) is 48.0 Å². The molecule has 0 saturated carbocycles. The Morgan fingerprint density at radius 1 is 1.29 bits per heavy atom. The van der Waals surface area contributed by atoms with Crippen LogP contribution >= 0.6 is 12.2 Å². The molecule has 12 heteroatoms. The highest BCUT2D eigenvalue weighted by Gasteiger charge is 2.10. The van der Waals surface area contributed by atoms with Gasteiger partial charge in [-0.05, 0) is 36.5 Å². The number of aryl methyl sites for hydroxylation is 1. The van der Waals surface area contributed by atoms with E-state index in [0.717, 1.165) is 5.69 Å². The van der Waals surface area contributed by atoms with E-state index in [1.54, 1.807) is 50.9 Å². The molecule has 31 heavy (non-hydrogen) atoms. The van der Waals surface area contributed by atoms with Crippen molar-refractivity contribution < 1.29 is 4.79 Å². The Kier molecular flexibility index (Phi) is 6.72. The van der Waals surface area contributed by atoms with Crippen LogP contribution in [0.4, 0.5) is 22.1 Å². The highest BCUT2D eigenvalue weighted by Crippen LogP contribution is 2.22. The van der Waals surface area contributed by atoms with Crippen LogP contribution in [0.5, 0.6) is 0 Å². The van der Waals surface area contributed by atoms with E-state index in [2.05, 4.69) is 36.0 Å². The number of hydrogen-bond donors (Lipinski definition) is 4. The van der Waals surface area contributed by atoms with Crippen molar-refractivity contribution in [2.45, 2.75) is 0 Å². The van der Waals surface area contributed by atoms with Crippen molar-refractivity contribution in [2.24, 2.45) is 17.9 Å². The minimum Gasteiger partial charge on any atom is -0.375 e. The lowest BCUT2D eigenvalue weighted by Gasteiger charge is -2.11. The summed E-state index contributed by atoms with van der Waals surface area (Å²) in [6, 6.07) is 8.65. The largest absolute Gasteiger partial charge is 0.375 e. The number of nitrogens with zero attached hydrogens (tertiary/aromatic N) is 6. The molecule has 3 rings (SSSR count). The highest BCUT2D eigenvalue weighted by molar-refractivity contribution is 7.80. The number of amides is 2. The molecule has 2 amide bonds. The van der Waals surface area contributed by atoms with Gasteiger partial charge in [-0.1, -0.05) is 6.07 Å². The van der Waals surface area contributed by atoms with Gasteiger partial charge in [-0.2, -0.15) is 5.10 Å². The molecular formula is C19H22N10OS. The summed E-state index contributed by atoms with van der Waals surface area (Å²) < 4.78 is 1.85. The zero-order valence-electron chi connectivity index (χ0n) is 17.2. The first-order chi connectivity index (χ1) is 14.9. The third-order valence-corrected chi connectivity index (χ3v) is 4.38. The van der Waals surface area contributed by atoms with Crippen molar-refractivity contribution in [1.29, 1.82) is 0 Å². The Balaban J connectivity index is 1.94. The number of thiocarbonyl (C=S) groups is 1. The number of benzene rings is 1. The summed E-state index contributed by atoms with van der Waals surface area (Å²) in [5, 5.41) is 14.1. The number of rotatable bonds is 6. The Hall–Kier alpha value is -4.06. The number of anilines is 3.